The van der Waals surface area contributed by atoms with Gasteiger partial charge in [0.2, 0.25) is 0 Å². The summed E-state index contributed by atoms with van der Waals surface area (Å²) < 4.78 is 19.0. The lowest BCUT2D eigenvalue weighted by Gasteiger charge is -2.56. The Balaban J connectivity index is 2.44. The largest absolute Gasteiger partial charge is 0.417 e. The molecule has 2 saturated carbocycles. The third kappa shape index (κ3) is 8.25. The van der Waals surface area contributed by atoms with Crippen LogP contribution in [0, 0.1) is 52.8 Å². The van der Waals surface area contributed by atoms with Crippen molar-refractivity contribution in [1.82, 2.24) is 0 Å². The summed E-state index contributed by atoms with van der Waals surface area (Å²) in [5.74, 6) is 7.92. The van der Waals surface area contributed by atoms with Crippen LogP contribution < -0.4 is 0 Å². The molecule has 234 valence electrons. The van der Waals surface area contributed by atoms with E-state index in [9.17, 15) is 4.79 Å². The standard InChI is InChI=1S/C36H62O4Si/c1-13-15-18-29(19-16-17-27(3)4)33(37)31-22-24-35(9)30(28(5)25-40-41(11,12)34(6,7)8)20-21-32(35)36(31,23-14-2)39-26-38-10/h14,16-17,27-32H,2,18-26H2,1,3-12H3/b17-16+/t28-,29+,30-,31+,32?,35-,36+/m1/s1. The summed E-state index contributed by atoms with van der Waals surface area (Å²) in [6.45, 7) is 27.8. The lowest BCUT2D eigenvalue weighted by Crippen LogP contribution is -2.59. The second-order valence-electron chi connectivity index (χ2n) is 15.0. The van der Waals surface area contributed by atoms with Crippen LogP contribution in [0.2, 0.25) is 18.1 Å². The predicted molar refractivity (Wildman–Crippen MR) is 175 cm³/mol. The molecule has 0 amide bonds. The van der Waals surface area contributed by atoms with E-state index in [1.54, 1.807) is 7.11 Å². The lowest BCUT2D eigenvalue weighted by atomic mass is 9.52. The molecule has 0 N–H and O–H groups in total. The molecule has 2 aliphatic rings. The number of Topliss-reactive ketones (excluding diaryl/α,β-unsaturated/α-hetero) is 1. The van der Waals surface area contributed by atoms with Crippen LogP contribution in [0.3, 0.4) is 0 Å². The van der Waals surface area contributed by atoms with Gasteiger partial charge >= 0.3 is 0 Å². The van der Waals surface area contributed by atoms with Crippen LogP contribution in [-0.2, 0) is 18.7 Å². The van der Waals surface area contributed by atoms with Crippen LogP contribution >= 0.6 is 0 Å². The molecule has 0 bridgehead atoms. The van der Waals surface area contributed by atoms with Crippen molar-refractivity contribution < 1.29 is 18.7 Å². The maximum atomic E-state index is 14.5. The lowest BCUT2D eigenvalue weighted by molar-refractivity contribution is -0.220. The van der Waals surface area contributed by atoms with Crippen LogP contribution in [0.25, 0.3) is 0 Å². The zero-order valence-corrected chi connectivity index (χ0v) is 29.4. The average Bonchev–Trinajstić information content (AvgIpc) is 3.25. The molecule has 41 heavy (non-hydrogen) atoms. The molecule has 0 aromatic rings. The molecule has 2 rings (SSSR count). The molecule has 0 saturated heterocycles. The molecule has 0 aliphatic heterocycles. The van der Waals surface area contributed by atoms with Crippen molar-refractivity contribution in [2.75, 3.05) is 20.5 Å². The first-order valence-electron chi connectivity index (χ1n) is 16.1. The summed E-state index contributed by atoms with van der Waals surface area (Å²) in [7, 11) is -0.154. The maximum absolute atomic E-state index is 14.5. The van der Waals surface area contributed by atoms with Crippen LogP contribution in [0.4, 0.5) is 0 Å². The van der Waals surface area contributed by atoms with Gasteiger partial charge in [-0.15, -0.1) is 18.4 Å². The summed E-state index contributed by atoms with van der Waals surface area (Å²) >= 11 is 0. The summed E-state index contributed by atoms with van der Waals surface area (Å²) in [6.07, 6.45) is 12.4. The zero-order chi connectivity index (χ0) is 31.1. The number of hydrogen-bond acceptors (Lipinski definition) is 4. The first-order chi connectivity index (χ1) is 19.1. The molecule has 0 spiro atoms. The fourth-order valence-electron chi connectivity index (χ4n) is 7.62. The molecule has 0 aromatic carbocycles. The Hall–Kier alpha value is -1.19. The van der Waals surface area contributed by atoms with Gasteiger partial charge in [0, 0.05) is 32.0 Å². The minimum atomic E-state index is -1.83. The Morgan fingerprint density at radius 1 is 1.17 bits per heavy atom. The number of fused-ring (bicyclic) bond motifs is 1. The quantitative estimate of drug-likeness (QED) is 0.0830. The van der Waals surface area contributed by atoms with Gasteiger partial charge in [-0.05, 0) is 92.7 Å². The normalized spacial score (nSPS) is 30.1. The highest BCUT2D eigenvalue weighted by molar-refractivity contribution is 6.74. The van der Waals surface area contributed by atoms with Gasteiger partial charge in [0.25, 0.3) is 0 Å². The first-order valence-corrected chi connectivity index (χ1v) is 19.0. The van der Waals surface area contributed by atoms with Crippen molar-refractivity contribution in [1.29, 1.82) is 0 Å². The second kappa shape index (κ2) is 15.0. The van der Waals surface area contributed by atoms with Crippen molar-refractivity contribution in [2.24, 2.45) is 40.9 Å². The number of ether oxygens (including phenoxy) is 2. The van der Waals surface area contributed by atoms with Crippen LogP contribution in [-0.4, -0.2) is 40.2 Å². The third-order valence-electron chi connectivity index (χ3n) is 10.9. The Kier molecular flexibility index (Phi) is 13.2. The van der Waals surface area contributed by atoms with Gasteiger partial charge in [0.1, 0.15) is 12.6 Å². The summed E-state index contributed by atoms with van der Waals surface area (Å²) in [5.41, 5.74) is -0.545. The van der Waals surface area contributed by atoms with Crippen LogP contribution in [0.5, 0.6) is 0 Å². The fourth-order valence-corrected chi connectivity index (χ4v) is 8.73. The molecular formula is C36H62O4Si. The van der Waals surface area contributed by atoms with Gasteiger partial charge in [-0.1, -0.05) is 66.7 Å². The van der Waals surface area contributed by atoms with Gasteiger partial charge in [0.15, 0.2) is 8.32 Å². The summed E-state index contributed by atoms with van der Waals surface area (Å²) in [6, 6.07) is 0. The van der Waals surface area contributed by atoms with Crippen molar-refractivity contribution >= 4 is 14.1 Å². The van der Waals surface area contributed by atoms with Gasteiger partial charge in [-0.2, -0.15) is 0 Å². The second-order valence-corrected chi connectivity index (χ2v) is 19.8. The highest BCUT2D eigenvalue weighted by Gasteiger charge is 2.63. The van der Waals surface area contributed by atoms with Gasteiger partial charge in [0.05, 0.1) is 5.60 Å². The number of carbonyl (C=O) groups excluding carboxylic acids is 1. The number of rotatable bonds is 15. The monoisotopic (exact) mass is 586 g/mol. The van der Waals surface area contributed by atoms with E-state index >= 15 is 0 Å². The average molecular weight is 587 g/mol. The van der Waals surface area contributed by atoms with E-state index in [-0.39, 0.29) is 35.0 Å². The van der Waals surface area contributed by atoms with Crippen molar-refractivity contribution in [3.05, 3.63) is 24.8 Å². The minimum absolute atomic E-state index is 0.0694. The predicted octanol–water partition coefficient (Wildman–Crippen LogP) is 9.22. The maximum Gasteiger partial charge on any atom is 0.191 e. The number of carbonyl (C=O) groups is 1. The third-order valence-corrected chi connectivity index (χ3v) is 15.4. The Labute approximate surface area is 254 Å². The van der Waals surface area contributed by atoms with Crippen LogP contribution in [0.15, 0.2) is 24.8 Å². The number of hydrogen-bond donors (Lipinski definition) is 0. The molecule has 0 radical (unpaired) electrons. The molecule has 0 aromatic heterocycles. The van der Waals surface area contributed by atoms with Gasteiger partial charge < -0.3 is 13.9 Å². The van der Waals surface area contributed by atoms with E-state index in [0.29, 0.717) is 36.4 Å². The van der Waals surface area contributed by atoms with E-state index in [0.717, 1.165) is 38.7 Å². The van der Waals surface area contributed by atoms with Crippen molar-refractivity contribution in [2.45, 2.75) is 124 Å². The molecule has 0 heterocycles. The number of ketones is 1. The summed E-state index contributed by atoms with van der Waals surface area (Å²) in [5, 5.41) is 0.198. The minimum Gasteiger partial charge on any atom is -0.417 e. The van der Waals surface area contributed by atoms with E-state index in [1.165, 1.54) is 0 Å². The molecule has 1 unspecified atom stereocenters. The SMILES string of the molecule is C=CC[C@@]1(OCOC)C2CC[C@H]([C@H](C)CO[Si](C)(C)C(C)(C)C)[C@@]2(C)CC[C@H]1C(=O)[C@@H](CC#CC)C/C=C/C(C)C. The first kappa shape index (κ1) is 36.0. The molecule has 2 fully saturated rings. The van der Waals surface area contributed by atoms with Crippen LogP contribution in [0.1, 0.15) is 100 Å². The fraction of sp³-hybridized carbons (Fsp3) is 0.806. The number of allylic oxidation sites excluding steroid dienone is 2. The van der Waals surface area contributed by atoms with Crippen molar-refractivity contribution in [3.8, 4) is 11.8 Å². The summed E-state index contributed by atoms with van der Waals surface area (Å²) in [4.78, 5) is 14.5. The smallest absolute Gasteiger partial charge is 0.191 e. The number of methoxy groups -OCH3 is 1. The Morgan fingerprint density at radius 2 is 1.85 bits per heavy atom. The Morgan fingerprint density at radius 3 is 2.41 bits per heavy atom. The topological polar surface area (TPSA) is 44.8 Å². The van der Waals surface area contributed by atoms with Gasteiger partial charge in [-0.25, -0.2) is 0 Å². The highest BCUT2D eigenvalue weighted by Crippen LogP contribution is 2.64. The molecule has 2 aliphatic carbocycles. The van der Waals surface area contributed by atoms with Gasteiger partial charge in [-0.3, -0.25) is 4.79 Å². The zero-order valence-electron chi connectivity index (χ0n) is 28.4. The molecular weight excluding hydrogens is 524 g/mol. The van der Waals surface area contributed by atoms with E-state index < -0.39 is 13.9 Å². The highest BCUT2D eigenvalue weighted by atomic mass is 28.4. The Bertz CT molecular complexity index is 951. The van der Waals surface area contributed by atoms with E-state index in [1.807, 2.05) is 13.0 Å². The van der Waals surface area contributed by atoms with E-state index in [2.05, 4.69) is 92.1 Å². The molecule has 4 nitrogen and oxygen atoms in total. The molecule has 5 heteroatoms. The van der Waals surface area contributed by atoms with Crippen molar-refractivity contribution in [3.63, 3.8) is 0 Å². The van der Waals surface area contributed by atoms with E-state index in [4.69, 9.17) is 13.9 Å². The molecule has 7 atom stereocenters.